The van der Waals surface area contributed by atoms with Crippen LogP contribution in [0.15, 0.2) is 18.2 Å². The summed E-state index contributed by atoms with van der Waals surface area (Å²) >= 11 is 5.64. The van der Waals surface area contributed by atoms with Crippen molar-refractivity contribution in [2.24, 2.45) is 0 Å². The molecule has 1 heterocycles. The molecular weight excluding hydrogens is 208 g/mol. The van der Waals surface area contributed by atoms with Gasteiger partial charge in [0.05, 0.1) is 5.69 Å². The van der Waals surface area contributed by atoms with Gasteiger partial charge in [-0.05, 0) is 45.5 Å². The van der Waals surface area contributed by atoms with E-state index in [1.165, 1.54) is 0 Å². The Hall–Kier alpha value is -0.600. The Bertz CT molecular complexity index is 289. The van der Waals surface area contributed by atoms with E-state index in [2.05, 4.69) is 29.1 Å². The second-order valence-corrected chi connectivity index (χ2v) is 4.28. The molecule has 0 atom stereocenters. The summed E-state index contributed by atoms with van der Waals surface area (Å²) in [7, 11) is 2.12. The predicted octanol–water partition coefficient (Wildman–Crippen LogP) is 2.84. The first kappa shape index (κ1) is 12.5. The van der Waals surface area contributed by atoms with E-state index < -0.39 is 0 Å². The first-order valence-electron chi connectivity index (χ1n) is 5.39. The van der Waals surface area contributed by atoms with E-state index in [4.69, 9.17) is 11.6 Å². The maximum Gasteiger partial charge on any atom is 0.0547 e. The zero-order chi connectivity index (χ0) is 11.1. The Morgan fingerprint density at radius 1 is 1.33 bits per heavy atom. The first-order valence-corrected chi connectivity index (χ1v) is 5.93. The SMILES string of the molecule is Cc1cccc(CN(C)CCCCCl)n1. The zero-order valence-electron chi connectivity index (χ0n) is 9.54. The smallest absolute Gasteiger partial charge is 0.0547 e. The summed E-state index contributed by atoms with van der Waals surface area (Å²) in [5, 5.41) is 0. The van der Waals surface area contributed by atoms with Crippen LogP contribution in [0.1, 0.15) is 24.2 Å². The second kappa shape index (κ2) is 6.81. The zero-order valence-corrected chi connectivity index (χ0v) is 10.3. The van der Waals surface area contributed by atoms with Crippen LogP contribution >= 0.6 is 11.6 Å². The van der Waals surface area contributed by atoms with Crippen molar-refractivity contribution in [3.8, 4) is 0 Å². The maximum absolute atomic E-state index is 5.64. The van der Waals surface area contributed by atoms with Gasteiger partial charge in [-0.25, -0.2) is 0 Å². The first-order chi connectivity index (χ1) is 7.22. The van der Waals surface area contributed by atoms with Crippen LogP contribution in [0.2, 0.25) is 0 Å². The van der Waals surface area contributed by atoms with Crippen LogP contribution in [0.4, 0.5) is 0 Å². The Labute approximate surface area is 97.3 Å². The van der Waals surface area contributed by atoms with Crippen LogP contribution in [0, 0.1) is 6.92 Å². The third-order valence-corrected chi connectivity index (χ3v) is 2.57. The highest BCUT2D eigenvalue weighted by molar-refractivity contribution is 6.17. The molecule has 15 heavy (non-hydrogen) atoms. The molecule has 84 valence electrons. The summed E-state index contributed by atoms with van der Waals surface area (Å²) in [6, 6.07) is 6.16. The van der Waals surface area contributed by atoms with Crippen molar-refractivity contribution in [3.05, 3.63) is 29.6 Å². The Balaban J connectivity index is 2.34. The van der Waals surface area contributed by atoms with Gasteiger partial charge in [-0.2, -0.15) is 0 Å². The maximum atomic E-state index is 5.64. The molecule has 0 saturated heterocycles. The molecule has 1 rings (SSSR count). The normalized spacial score (nSPS) is 10.9. The molecule has 0 N–H and O–H groups in total. The van der Waals surface area contributed by atoms with Gasteiger partial charge in [-0.15, -0.1) is 11.6 Å². The summed E-state index contributed by atoms with van der Waals surface area (Å²) in [4.78, 5) is 6.76. The fourth-order valence-corrected chi connectivity index (χ4v) is 1.71. The highest BCUT2D eigenvalue weighted by Crippen LogP contribution is 2.03. The fourth-order valence-electron chi connectivity index (χ4n) is 1.52. The predicted molar refractivity (Wildman–Crippen MR) is 65.3 cm³/mol. The topological polar surface area (TPSA) is 16.1 Å². The third-order valence-electron chi connectivity index (χ3n) is 2.30. The van der Waals surface area contributed by atoms with Crippen LogP contribution in [0.5, 0.6) is 0 Å². The van der Waals surface area contributed by atoms with E-state index in [0.717, 1.165) is 43.2 Å². The molecule has 0 bridgehead atoms. The standard InChI is InChI=1S/C12H19ClN2/c1-11-6-5-7-12(14-11)10-15(2)9-4-3-8-13/h5-7H,3-4,8-10H2,1-2H3. The van der Waals surface area contributed by atoms with E-state index in [1.54, 1.807) is 0 Å². The fraction of sp³-hybridized carbons (Fsp3) is 0.583. The highest BCUT2D eigenvalue weighted by Gasteiger charge is 2.01. The molecule has 0 saturated carbocycles. The minimum Gasteiger partial charge on any atom is -0.301 e. The lowest BCUT2D eigenvalue weighted by Crippen LogP contribution is -2.19. The van der Waals surface area contributed by atoms with E-state index in [-0.39, 0.29) is 0 Å². The minimum absolute atomic E-state index is 0.760. The lowest BCUT2D eigenvalue weighted by molar-refractivity contribution is 0.317. The summed E-state index contributed by atoms with van der Waals surface area (Å²) in [5.74, 6) is 0.760. The molecule has 0 aliphatic rings. The van der Waals surface area contributed by atoms with Crippen molar-refractivity contribution in [1.82, 2.24) is 9.88 Å². The highest BCUT2D eigenvalue weighted by atomic mass is 35.5. The average Bonchev–Trinajstić information content (AvgIpc) is 2.18. The van der Waals surface area contributed by atoms with Gasteiger partial charge in [0, 0.05) is 18.1 Å². The van der Waals surface area contributed by atoms with Crippen molar-refractivity contribution in [3.63, 3.8) is 0 Å². The number of unbranched alkanes of at least 4 members (excludes halogenated alkanes) is 1. The molecule has 0 aliphatic carbocycles. The van der Waals surface area contributed by atoms with Crippen LogP contribution in [0.3, 0.4) is 0 Å². The molecule has 0 aliphatic heterocycles. The summed E-state index contributed by atoms with van der Waals surface area (Å²) < 4.78 is 0. The van der Waals surface area contributed by atoms with Gasteiger partial charge in [0.2, 0.25) is 0 Å². The molecule has 0 fully saturated rings. The van der Waals surface area contributed by atoms with Gasteiger partial charge >= 0.3 is 0 Å². The van der Waals surface area contributed by atoms with Crippen LogP contribution in [-0.2, 0) is 6.54 Å². The van der Waals surface area contributed by atoms with Gasteiger partial charge < -0.3 is 4.90 Å². The number of alkyl halides is 1. The molecule has 2 nitrogen and oxygen atoms in total. The molecule has 0 spiro atoms. The largest absolute Gasteiger partial charge is 0.301 e. The van der Waals surface area contributed by atoms with Gasteiger partial charge in [0.25, 0.3) is 0 Å². The lowest BCUT2D eigenvalue weighted by Gasteiger charge is -2.15. The Morgan fingerprint density at radius 3 is 2.80 bits per heavy atom. The van der Waals surface area contributed by atoms with E-state index in [9.17, 15) is 0 Å². The molecule has 1 aromatic heterocycles. The number of halogens is 1. The number of aromatic nitrogens is 1. The molecule has 0 radical (unpaired) electrons. The van der Waals surface area contributed by atoms with Crippen molar-refractivity contribution < 1.29 is 0 Å². The van der Waals surface area contributed by atoms with Gasteiger partial charge in [0.15, 0.2) is 0 Å². The quantitative estimate of drug-likeness (QED) is 0.548. The number of nitrogens with zero attached hydrogens (tertiary/aromatic N) is 2. The Morgan fingerprint density at radius 2 is 2.13 bits per heavy atom. The third kappa shape index (κ3) is 5.14. The van der Waals surface area contributed by atoms with E-state index in [0.29, 0.717) is 0 Å². The number of hydrogen-bond donors (Lipinski definition) is 0. The lowest BCUT2D eigenvalue weighted by atomic mass is 10.3. The minimum atomic E-state index is 0.760. The van der Waals surface area contributed by atoms with E-state index >= 15 is 0 Å². The molecule has 0 unspecified atom stereocenters. The number of pyridine rings is 1. The van der Waals surface area contributed by atoms with Crippen molar-refractivity contribution in [2.45, 2.75) is 26.3 Å². The van der Waals surface area contributed by atoms with Crippen LogP contribution in [-0.4, -0.2) is 29.4 Å². The summed E-state index contributed by atoms with van der Waals surface area (Å²) in [6.45, 7) is 4.03. The van der Waals surface area contributed by atoms with E-state index in [1.807, 2.05) is 13.0 Å². The number of rotatable bonds is 6. The number of hydrogen-bond acceptors (Lipinski definition) is 2. The molecular formula is C12H19ClN2. The van der Waals surface area contributed by atoms with Gasteiger partial charge in [-0.1, -0.05) is 6.07 Å². The van der Waals surface area contributed by atoms with Gasteiger partial charge in [0.1, 0.15) is 0 Å². The van der Waals surface area contributed by atoms with Crippen LogP contribution < -0.4 is 0 Å². The monoisotopic (exact) mass is 226 g/mol. The summed E-state index contributed by atoms with van der Waals surface area (Å²) in [5.41, 5.74) is 2.23. The van der Waals surface area contributed by atoms with Gasteiger partial charge in [-0.3, -0.25) is 4.98 Å². The molecule has 3 heteroatoms. The summed E-state index contributed by atoms with van der Waals surface area (Å²) in [6.07, 6.45) is 2.25. The number of aryl methyl sites for hydroxylation is 1. The second-order valence-electron chi connectivity index (χ2n) is 3.90. The molecule has 1 aromatic rings. The van der Waals surface area contributed by atoms with Crippen molar-refractivity contribution in [2.75, 3.05) is 19.5 Å². The van der Waals surface area contributed by atoms with Crippen molar-refractivity contribution in [1.29, 1.82) is 0 Å². The van der Waals surface area contributed by atoms with Crippen LogP contribution in [0.25, 0.3) is 0 Å². The molecule has 0 aromatic carbocycles. The average molecular weight is 227 g/mol. The Kier molecular flexibility index (Phi) is 5.66. The van der Waals surface area contributed by atoms with Crippen molar-refractivity contribution >= 4 is 11.6 Å². The molecule has 0 amide bonds.